The minimum atomic E-state index is -0.382. The molecule has 1 aromatic heterocycles. The van der Waals surface area contributed by atoms with Crippen molar-refractivity contribution >= 4 is 5.91 Å². The molecule has 1 amide bonds. The molecule has 0 bridgehead atoms. The summed E-state index contributed by atoms with van der Waals surface area (Å²) in [7, 11) is 1.74. The Bertz CT molecular complexity index is 866. The molecule has 0 radical (unpaired) electrons. The van der Waals surface area contributed by atoms with Crippen LogP contribution in [0, 0.1) is 25.2 Å². The zero-order valence-electron chi connectivity index (χ0n) is 15.3. The molecule has 0 aliphatic heterocycles. The van der Waals surface area contributed by atoms with Crippen LogP contribution < -0.4 is 10.3 Å². The molecule has 136 valence electrons. The number of carbonyl (C=O) groups excluding carboxylic acids is 1. The number of H-pyrrole nitrogens is 1. The molecule has 0 spiro atoms. The topological polar surface area (TPSA) is 86.2 Å². The number of pyridine rings is 1. The summed E-state index contributed by atoms with van der Waals surface area (Å²) in [6.07, 6.45) is 0.784. The number of para-hydroxylation sites is 1. The number of aromatic nitrogens is 1. The second-order valence-corrected chi connectivity index (χ2v) is 6.15. The maximum Gasteiger partial charge on any atom is 0.266 e. The molecule has 0 aliphatic carbocycles. The Morgan fingerprint density at radius 3 is 2.62 bits per heavy atom. The fraction of sp³-hybridized carbons (Fsp3) is 0.350. The number of rotatable bonds is 7. The number of hydrogen-bond acceptors (Lipinski definition) is 4. The van der Waals surface area contributed by atoms with Gasteiger partial charge in [-0.3, -0.25) is 9.59 Å². The van der Waals surface area contributed by atoms with Gasteiger partial charge in [0.25, 0.3) is 5.56 Å². The number of nitriles is 1. The monoisotopic (exact) mass is 353 g/mol. The van der Waals surface area contributed by atoms with Crippen molar-refractivity contribution in [2.45, 2.75) is 26.7 Å². The third-order valence-corrected chi connectivity index (χ3v) is 4.37. The van der Waals surface area contributed by atoms with E-state index in [4.69, 9.17) is 10.00 Å². The number of benzene rings is 1. The highest BCUT2D eigenvalue weighted by molar-refractivity contribution is 5.76. The van der Waals surface area contributed by atoms with Crippen LogP contribution in [-0.2, 0) is 11.2 Å². The molecule has 1 heterocycles. The van der Waals surface area contributed by atoms with Gasteiger partial charge < -0.3 is 14.6 Å². The minimum Gasteiger partial charge on any atom is -0.492 e. The van der Waals surface area contributed by atoms with Gasteiger partial charge in [0.15, 0.2) is 0 Å². The van der Waals surface area contributed by atoms with Crippen LogP contribution in [-0.4, -0.2) is 36.0 Å². The molecule has 0 fully saturated rings. The lowest BCUT2D eigenvalue weighted by atomic mass is 9.99. The van der Waals surface area contributed by atoms with Crippen molar-refractivity contribution in [2.24, 2.45) is 0 Å². The van der Waals surface area contributed by atoms with Crippen molar-refractivity contribution in [3.05, 3.63) is 63.1 Å². The molecule has 0 atom stereocenters. The minimum absolute atomic E-state index is 0.00910. The number of carbonyl (C=O) groups is 1. The maximum atomic E-state index is 12.3. The molecule has 2 rings (SSSR count). The molecule has 1 N–H and O–H groups in total. The highest BCUT2D eigenvalue weighted by Gasteiger charge is 2.15. The SMILES string of the molecule is Cc1[nH]c(=O)c(C#N)c(C)c1CCC(=O)N(C)CCOc1ccccc1. The number of aromatic amines is 1. The average Bonchev–Trinajstić information content (AvgIpc) is 2.62. The predicted octanol–water partition coefficient (Wildman–Crippen LogP) is 2.33. The van der Waals surface area contributed by atoms with Crippen LogP contribution in [0.3, 0.4) is 0 Å². The van der Waals surface area contributed by atoms with E-state index in [0.717, 1.165) is 11.3 Å². The fourth-order valence-corrected chi connectivity index (χ4v) is 2.78. The van der Waals surface area contributed by atoms with Gasteiger partial charge >= 0.3 is 0 Å². The van der Waals surface area contributed by atoms with E-state index in [9.17, 15) is 9.59 Å². The van der Waals surface area contributed by atoms with Crippen LogP contribution >= 0.6 is 0 Å². The molecule has 1 aromatic carbocycles. The summed E-state index contributed by atoms with van der Waals surface area (Å²) in [5.74, 6) is 0.766. The molecular formula is C20H23N3O3. The third-order valence-electron chi connectivity index (χ3n) is 4.37. The van der Waals surface area contributed by atoms with Gasteiger partial charge in [-0.2, -0.15) is 5.26 Å². The van der Waals surface area contributed by atoms with Crippen molar-refractivity contribution < 1.29 is 9.53 Å². The first kappa shape index (κ1) is 19.3. The van der Waals surface area contributed by atoms with Gasteiger partial charge in [0, 0.05) is 19.2 Å². The number of likely N-dealkylation sites (N-methyl/N-ethyl adjacent to an activating group) is 1. The normalized spacial score (nSPS) is 10.2. The smallest absolute Gasteiger partial charge is 0.266 e. The lowest BCUT2D eigenvalue weighted by Crippen LogP contribution is -2.31. The third kappa shape index (κ3) is 4.73. The van der Waals surface area contributed by atoms with Crippen molar-refractivity contribution in [3.8, 4) is 11.8 Å². The van der Waals surface area contributed by atoms with Gasteiger partial charge in [-0.25, -0.2) is 0 Å². The van der Waals surface area contributed by atoms with E-state index >= 15 is 0 Å². The molecule has 0 unspecified atom stereocenters. The first-order chi connectivity index (χ1) is 12.4. The van der Waals surface area contributed by atoms with Crippen molar-refractivity contribution in [3.63, 3.8) is 0 Å². The number of hydrogen-bond donors (Lipinski definition) is 1. The summed E-state index contributed by atoms with van der Waals surface area (Å²) in [5, 5.41) is 9.11. The van der Waals surface area contributed by atoms with Gasteiger partial charge in [-0.15, -0.1) is 0 Å². The van der Waals surface area contributed by atoms with Crippen molar-refractivity contribution in [1.29, 1.82) is 5.26 Å². The van der Waals surface area contributed by atoms with Crippen LogP contribution in [0.2, 0.25) is 0 Å². The molecule has 2 aromatic rings. The Kier molecular flexibility index (Phi) is 6.56. The van der Waals surface area contributed by atoms with E-state index in [1.807, 2.05) is 36.4 Å². The van der Waals surface area contributed by atoms with Gasteiger partial charge in [-0.1, -0.05) is 18.2 Å². The molecule has 6 heteroatoms. The Morgan fingerprint density at radius 2 is 1.96 bits per heavy atom. The predicted molar refractivity (Wildman–Crippen MR) is 99.1 cm³/mol. The van der Waals surface area contributed by atoms with E-state index in [1.54, 1.807) is 25.8 Å². The van der Waals surface area contributed by atoms with Crippen molar-refractivity contribution in [1.82, 2.24) is 9.88 Å². The number of nitrogens with zero attached hydrogens (tertiary/aromatic N) is 2. The zero-order chi connectivity index (χ0) is 19.1. The Balaban J connectivity index is 1.90. The van der Waals surface area contributed by atoms with Crippen LogP contribution in [0.1, 0.15) is 28.8 Å². The lowest BCUT2D eigenvalue weighted by Gasteiger charge is -2.18. The number of ether oxygens (including phenoxy) is 1. The van der Waals surface area contributed by atoms with Crippen LogP contribution in [0.15, 0.2) is 35.1 Å². The number of amides is 1. The second kappa shape index (κ2) is 8.86. The summed E-state index contributed by atoms with van der Waals surface area (Å²) in [6, 6.07) is 11.4. The molecule has 0 aliphatic rings. The van der Waals surface area contributed by atoms with Crippen LogP contribution in [0.25, 0.3) is 0 Å². The first-order valence-electron chi connectivity index (χ1n) is 8.48. The first-order valence-corrected chi connectivity index (χ1v) is 8.48. The van der Waals surface area contributed by atoms with Crippen LogP contribution in [0.5, 0.6) is 5.75 Å². The van der Waals surface area contributed by atoms with E-state index < -0.39 is 0 Å². The molecule has 26 heavy (non-hydrogen) atoms. The largest absolute Gasteiger partial charge is 0.492 e. The summed E-state index contributed by atoms with van der Waals surface area (Å²) >= 11 is 0. The zero-order valence-corrected chi connectivity index (χ0v) is 15.3. The fourth-order valence-electron chi connectivity index (χ4n) is 2.78. The van der Waals surface area contributed by atoms with Gasteiger partial charge in [0.2, 0.25) is 5.91 Å². The summed E-state index contributed by atoms with van der Waals surface area (Å²) in [5.41, 5.74) is 1.94. The number of aryl methyl sites for hydroxylation is 1. The lowest BCUT2D eigenvalue weighted by molar-refractivity contribution is -0.130. The van der Waals surface area contributed by atoms with E-state index in [1.165, 1.54) is 0 Å². The second-order valence-electron chi connectivity index (χ2n) is 6.15. The molecular weight excluding hydrogens is 330 g/mol. The Morgan fingerprint density at radius 1 is 1.27 bits per heavy atom. The highest BCUT2D eigenvalue weighted by Crippen LogP contribution is 2.15. The van der Waals surface area contributed by atoms with Gasteiger partial charge in [0.05, 0.1) is 6.54 Å². The average molecular weight is 353 g/mol. The quantitative estimate of drug-likeness (QED) is 0.828. The van der Waals surface area contributed by atoms with Crippen LogP contribution in [0.4, 0.5) is 0 Å². The Labute approximate surface area is 153 Å². The van der Waals surface area contributed by atoms with E-state index in [-0.39, 0.29) is 17.0 Å². The highest BCUT2D eigenvalue weighted by atomic mass is 16.5. The molecule has 6 nitrogen and oxygen atoms in total. The summed E-state index contributed by atoms with van der Waals surface area (Å²) < 4.78 is 5.60. The summed E-state index contributed by atoms with van der Waals surface area (Å²) in [4.78, 5) is 28.4. The Hall–Kier alpha value is -3.07. The number of nitrogens with one attached hydrogen (secondary N) is 1. The summed E-state index contributed by atoms with van der Waals surface area (Å²) in [6.45, 7) is 4.44. The van der Waals surface area contributed by atoms with Crippen molar-refractivity contribution in [2.75, 3.05) is 20.2 Å². The van der Waals surface area contributed by atoms with E-state index in [2.05, 4.69) is 4.98 Å². The maximum absolute atomic E-state index is 12.3. The van der Waals surface area contributed by atoms with Gasteiger partial charge in [0.1, 0.15) is 24.0 Å². The van der Waals surface area contributed by atoms with E-state index in [0.29, 0.717) is 37.3 Å². The molecule has 0 saturated carbocycles. The standard InChI is InChI=1S/C20H23N3O3/c1-14-17(15(2)22-20(25)18(14)13-21)9-10-19(24)23(3)11-12-26-16-7-5-4-6-8-16/h4-8H,9-12H2,1-3H3,(H,22,25). The van der Waals surface area contributed by atoms with Gasteiger partial charge in [-0.05, 0) is 43.5 Å². The molecule has 0 saturated heterocycles.